The van der Waals surface area contributed by atoms with Gasteiger partial charge in [-0.1, -0.05) is 25.1 Å². The van der Waals surface area contributed by atoms with E-state index in [2.05, 4.69) is 31.2 Å². The highest BCUT2D eigenvalue weighted by Gasteiger charge is 2.48. The smallest absolute Gasteiger partial charge is 0.308 e. The first-order chi connectivity index (χ1) is 10.6. The van der Waals surface area contributed by atoms with Crippen molar-refractivity contribution in [1.82, 2.24) is 0 Å². The standard InChI is InChI=1S/C20H24O2/c1-13(21)22-15-6-8-16-14(12-15)5-7-18-17(16)9-11-20(2)10-3-4-19(18)20/h3,6,8,10,12,17-19H,4-5,7,9,11H2,1-2H3. The molecule has 0 amide bonds. The van der Waals surface area contributed by atoms with Crippen LogP contribution in [0.2, 0.25) is 0 Å². The maximum absolute atomic E-state index is 11.1. The molecule has 2 nitrogen and oxygen atoms in total. The van der Waals surface area contributed by atoms with Gasteiger partial charge in [-0.25, -0.2) is 0 Å². The third kappa shape index (κ3) is 2.12. The number of esters is 1. The minimum Gasteiger partial charge on any atom is -0.427 e. The molecule has 0 aromatic heterocycles. The summed E-state index contributed by atoms with van der Waals surface area (Å²) < 4.78 is 5.25. The molecule has 4 rings (SSSR count). The molecule has 3 aliphatic carbocycles. The molecule has 22 heavy (non-hydrogen) atoms. The molecule has 4 atom stereocenters. The van der Waals surface area contributed by atoms with Crippen LogP contribution in [0.4, 0.5) is 0 Å². The molecule has 1 fully saturated rings. The molecule has 0 radical (unpaired) electrons. The summed E-state index contributed by atoms with van der Waals surface area (Å²) in [4.78, 5) is 11.1. The molecule has 0 heterocycles. The first-order valence-corrected chi connectivity index (χ1v) is 8.56. The maximum Gasteiger partial charge on any atom is 0.308 e. The van der Waals surface area contributed by atoms with Gasteiger partial charge in [0.25, 0.3) is 0 Å². The Kier molecular flexibility index (Phi) is 3.18. The first-order valence-electron chi connectivity index (χ1n) is 8.56. The number of carbonyl (C=O) groups excluding carboxylic acids is 1. The number of ether oxygens (including phenoxy) is 1. The van der Waals surface area contributed by atoms with Crippen molar-refractivity contribution in [2.45, 2.75) is 51.9 Å². The number of aryl methyl sites for hydroxylation is 1. The molecule has 0 aliphatic heterocycles. The number of carbonyl (C=O) groups is 1. The predicted molar refractivity (Wildman–Crippen MR) is 86.9 cm³/mol. The zero-order valence-electron chi connectivity index (χ0n) is 13.5. The number of allylic oxidation sites excluding steroid dienone is 2. The highest BCUT2D eigenvalue weighted by molar-refractivity contribution is 5.69. The fourth-order valence-corrected chi connectivity index (χ4v) is 5.27. The average molecular weight is 296 g/mol. The fraction of sp³-hybridized carbons (Fsp3) is 0.550. The van der Waals surface area contributed by atoms with Gasteiger partial charge < -0.3 is 4.74 Å². The maximum atomic E-state index is 11.1. The second-order valence-electron chi connectivity index (χ2n) is 7.55. The van der Waals surface area contributed by atoms with Crippen LogP contribution in [0.15, 0.2) is 30.4 Å². The summed E-state index contributed by atoms with van der Waals surface area (Å²) in [5, 5.41) is 0. The summed E-state index contributed by atoms with van der Waals surface area (Å²) in [7, 11) is 0. The van der Waals surface area contributed by atoms with Crippen molar-refractivity contribution in [1.29, 1.82) is 0 Å². The van der Waals surface area contributed by atoms with E-state index in [1.807, 2.05) is 6.07 Å². The lowest BCUT2D eigenvalue weighted by molar-refractivity contribution is -0.131. The highest BCUT2D eigenvalue weighted by atomic mass is 16.5. The highest BCUT2D eigenvalue weighted by Crippen LogP contribution is 2.58. The SMILES string of the molecule is CC(=O)Oc1ccc2c(c1)CCC1C2CCC2(C)C=CCC12. The number of hydrogen-bond donors (Lipinski definition) is 0. The van der Waals surface area contributed by atoms with E-state index in [1.54, 1.807) is 0 Å². The molecular formula is C20H24O2. The third-order valence-corrected chi connectivity index (χ3v) is 6.29. The molecule has 1 saturated carbocycles. The van der Waals surface area contributed by atoms with E-state index in [9.17, 15) is 4.79 Å². The molecule has 0 spiro atoms. The minimum absolute atomic E-state index is 0.237. The largest absolute Gasteiger partial charge is 0.427 e. The molecule has 116 valence electrons. The Bertz CT molecular complexity index is 645. The van der Waals surface area contributed by atoms with Crippen molar-refractivity contribution < 1.29 is 9.53 Å². The van der Waals surface area contributed by atoms with E-state index in [0.717, 1.165) is 18.3 Å². The number of fused-ring (bicyclic) bond motifs is 5. The van der Waals surface area contributed by atoms with Gasteiger partial charge in [-0.05, 0) is 78.5 Å². The second-order valence-corrected chi connectivity index (χ2v) is 7.55. The molecule has 0 bridgehead atoms. The lowest BCUT2D eigenvalue weighted by Crippen LogP contribution is -2.39. The fourth-order valence-electron chi connectivity index (χ4n) is 5.27. The van der Waals surface area contributed by atoms with Crippen molar-refractivity contribution in [3.05, 3.63) is 41.5 Å². The number of rotatable bonds is 1. The number of benzene rings is 1. The van der Waals surface area contributed by atoms with Crippen LogP contribution >= 0.6 is 0 Å². The first kappa shape index (κ1) is 14.0. The van der Waals surface area contributed by atoms with Crippen LogP contribution in [0.5, 0.6) is 5.75 Å². The van der Waals surface area contributed by atoms with Crippen LogP contribution in [0, 0.1) is 17.3 Å². The van der Waals surface area contributed by atoms with E-state index >= 15 is 0 Å². The van der Waals surface area contributed by atoms with Crippen LogP contribution in [0.25, 0.3) is 0 Å². The Morgan fingerprint density at radius 1 is 1.32 bits per heavy atom. The van der Waals surface area contributed by atoms with E-state index in [4.69, 9.17) is 4.74 Å². The van der Waals surface area contributed by atoms with E-state index in [-0.39, 0.29) is 5.97 Å². The molecule has 1 aromatic rings. The summed E-state index contributed by atoms with van der Waals surface area (Å²) in [5.74, 6) is 2.81. The van der Waals surface area contributed by atoms with Crippen molar-refractivity contribution >= 4 is 5.97 Å². The van der Waals surface area contributed by atoms with Crippen LogP contribution < -0.4 is 4.74 Å². The molecule has 0 N–H and O–H groups in total. The average Bonchev–Trinajstić information content (AvgIpc) is 2.88. The quantitative estimate of drug-likeness (QED) is 0.429. The Morgan fingerprint density at radius 3 is 3.00 bits per heavy atom. The summed E-state index contributed by atoms with van der Waals surface area (Å²) in [5.41, 5.74) is 3.35. The van der Waals surface area contributed by atoms with E-state index in [1.165, 1.54) is 43.7 Å². The van der Waals surface area contributed by atoms with Crippen molar-refractivity contribution in [3.8, 4) is 5.75 Å². The molecule has 1 aromatic carbocycles. The van der Waals surface area contributed by atoms with Crippen LogP contribution in [0.3, 0.4) is 0 Å². The van der Waals surface area contributed by atoms with Crippen molar-refractivity contribution in [3.63, 3.8) is 0 Å². The zero-order chi connectivity index (χ0) is 15.3. The monoisotopic (exact) mass is 296 g/mol. The second kappa shape index (κ2) is 4.97. The lowest BCUT2D eigenvalue weighted by Gasteiger charge is -2.49. The van der Waals surface area contributed by atoms with Crippen molar-refractivity contribution in [2.75, 3.05) is 0 Å². The van der Waals surface area contributed by atoms with Gasteiger partial charge in [0, 0.05) is 6.92 Å². The third-order valence-electron chi connectivity index (χ3n) is 6.29. The van der Waals surface area contributed by atoms with Gasteiger partial charge in [0.05, 0.1) is 0 Å². The lowest BCUT2D eigenvalue weighted by atomic mass is 9.56. The van der Waals surface area contributed by atoms with Crippen LogP contribution in [0.1, 0.15) is 56.6 Å². The summed E-state index contributed by atoms with van der Waals surface area (Å²) in [6.07, 6.45) is 11.2. The Morgan fingerprint density at radius 2 is 2.18 bits per heavy atom. The van der Waals surface area contributed by atoms with E-state index in [0.29, 0.717) is 17.1 Å². The Labute approximate surface area is 132 Å². The molecule has 2 heteroatoms. The van der Waals surface area contributed by atoms with Crippen LogP contribution in [-0.2, 0) is 11.2 Å². The van der Waals surface area contributed by atoms with Gasteiger partial charge in [-0.3, -0.25) is 4.79 Å². The molecule has 4 unspecified atom stereocenters. The van der Waals surface area contributed by atoms with Gasteiger partial charge in [0.2, 0.25) is 0 Å². The summed E-state index contributed by atoms with van der Waals surface area (Å²) >= 11 is 0. The molecule has 3 aliphatic rings. The molecular weight excluding hydrogens is 272 g/mol. The van der Waals surface area contributed by atoms with Gasteiger partial charge in [0.15, 0.2) is 0 Å². The summed E-state index contributed by atoms with van der Waals surface area (Å²) in [6.45, 7) is 3.92. The van der Waals surface area contributed by atoms with E-state index < -0.39 is 0 Å². The van der Waals surface area contributed by atoms with Gasteiger partial charge in [0.1, 0.15) is 5.75 Å². The summed E-state index contributed by atoms with van der Waals surface area (Å²) in [6, 6.07) is 6.28. The Hall–Kier alpha value is -1.57. The van der Waals surface area contributed by atoms with Gasteiger partial charge in [-0.2, -0.15) is 0 Å². The molecule has 0 saturated heterocycles. The predicted octanol–water partition coefficient (Wildman–Crippen LogP) is 4.63. The van der Waals surface area contributed by atoms with Crippen LogP contribution in [-0.4, -0.2) is 5.97 Å². The topological polar surface area (TPSA) is 26.3 Å². The number of hydrogen-bond acceptors (Lipinski definition) is 2. The van der Waals surface area contributed by atoms with Crippen molar-refractivity contribution in [2.24, 2.45) is 17.3 Å². The Balaban J connectivity index is 1.64. The van der Waals surface area contributed by atoms with Gasteiger partial charge >= 0.3 is 5.97 Å². The minimum atomic E-state index is -0.237. The van der Waals surface area contributed by atoms with Gasteiger partial charge in [-0.15, -0.1) is 0 Å². The zero-order valence-corrected chi connectivity index (χ0v) is 13.5. The normalized spacial score (nSPS) is 35.5.